The molecule has 0 saturated heterocycles. The number of aryl methyl sites for hydroxylation is 1. The van der Waals surface area contributed by atoms with Crippen LogP contribution in [0, 0.1) is 6.92 Å². The quantitative estimate of drug-likeness (QED) is 0.782. The Morgan fingerprint density at radius 3 is 3.07 bits per heavy atom. The third kappa shape index (κ3) is 2.97. The van der Waals surface area contributed by atoms with E-state index in [1.165, 1.54) is 6.33 Å². The van der Waals surface area contributed by atoms with Gasteiger partial charge in [0.2, 0.25) is 0 Å². The van der Waals surface area contributed by atoms with Gasteiger partial charge in [-0.15, -0.1) is 0 Å². The Labute approximate surface area is 82.1 Å². The summed E-state index contributed by atoms with van der Waals surface area (Å²) < 4.78 is 12.3. The van der Waals surface area contributed by atoms with E-state index in [2.05, 4.69) is 21.5 Å². The molecule has 1 aromatic rings. The molecule has 0 aromatic carbocycles. The van der Waals surface area contributed by atoms with Crippen molar-refractivity contribution in [1.82, 2.24) is 15.0 Å². The number of aromatic amines is 1. The summed E-state index contributed by atoms with van der Waals surface area (Å²) in [6.07, 6.45) is 3.03. The number of nitrogens with one attached hydrogen (secondary N) is 1. The molecule has 0 aliphatic rings. The average Bonchev–Trinajstić information content (AvgIpc) is 2.29. The Morgan fingerprint density at radius 1 is 1.57 bits per heavy atom. The monoisotopic (exact) mass is 193 g/mol. The summed E-state index contributed by atoms with van der Waals surface area (Å²) in [5.41, 5.74) is 1.21. The fourth-order valence-corrected chi connectivity index (χ4v) is 0.820. The zero-order valence-electron chi connectivity index (χ0n) is 8.00. The van der Waals surface area contributed by atoms with Gasteiger partial charge in [-0.05, 0) is 19.1 Å². The number of halogens is 1. The summed E-state index contributed by atoms with van der Waals surface area (Å²) in [4.78, 5) is 10.8. The van der Waals surface area contributed by atoms with Gasteiger partial charge in [0, 0.05) is 17.5 Å². The normalized spacial score (nSPS) is 9.29. The lowest BCUT2D eigenvalue weighted by molar-refractivity contribution is 0.570. The van der Waals surface area contributed by atoms with E-state index < -0.39 is 6.67 Å². The minimum absolute atomic E-state index is 0.271. The van der Waals surface area contributed by atoms with Crippen LogP contribution in [0.15, 0.2) is 31.2 Å². The highest BCUT2D eigenvalue weighted by Gasteiger charge is 1.97. The first-order valence-corrected chi connectivity index (χ1v) is 4.18. The van der Waals surface area contributed by atoms with Crippen molar-refractivity contribution in [3.05, 3.63) is 42.8 Å². The maximum absolute atomic E-state index is 12.3. The zero-order valence-corrected chi connectivity index (χ0v) is 8.00. The van der Waals surface area contributed by atoms with Crippen molar-refractivity contribution in [3.8, 4) is 0 Å². The van der Waals surface area contributed by atoms with Crippen LogP contribution in [0.4, 0.5) is 4.39 Å². The van der Waals surface area contributed by atoms with Crippen molar-refractivity contribution in [2.45, 2.75) is 6.92 Å². The molecule has 1 aromatic heterocycles. The van der Waals surface area contributed by atoms with E-state index in [0.717, 1.165) is 5.69 Å². The van der Waals surface area contributed by atoms with Gasteiger partial charge in [0.15, 0.2) is 5.82 Å². The number of rotatable bonds is 2. The molecule has 0 aliphatic carbocycles. The number of nitrogens with zero attached hydrogens (tertiary/aromatic N) is 2. The Bertz CT molecular complexity index is 369. The van der Waals surface area contributed by atoms with Crippen LogP contribution in [0.3, 0.4) is 0 Å². The summed E-state index contributed by atoms with van der Waals surface area (Å²) in [6.45, 7) is 4.77. The van der Waals surface area contributed by atoms with Crippen LogP contribution in [0.1, 0.15) is 11.5 Å². The van der Waals surface area contributed by atoms with Crippen molar-refractivity contribution >= 4 is 5.57 Å². The van der Waals surface area contributed by atoms with Crippen LogP contribution in [-0.2, 0) is 0 Å². The SMILES string of the molecule is C=C(CF)c1ncccc(C)[nH]cn1. The summed E-state index contributed by atoms with van der Waals surface area (Å²) in [7, 11) is 0. The summed E-state index contributed by atoms with van der Waals surface area (Å²) >= 11 is 0. The highest BCUT2D eigenvalue weighted by molar-refractivity contribution is 5.56. The second kappa shape index (κ2) is 5.11. The van der Waals surface area contributed by atoms with Crippen LogP contribution in [-0.4, -0.2) is 21.6 Å². The molecule has 0 radical (unpaired) electrons. The number of aromatic nitrogens is 3. The van der Waals surface area contributed by atoms with Crippen molar-refractivity contribution < 1.29 is 4.39 Å². The largest absolute Gasteiger partial charge is 0.350 e. The summed E-state index contributed by atoms with van der Waals surface area (Å²) in [5, 5.41) is 0. The molecule has 0 unspecified atom stereocenters. The van der Waals surface area contributed by atoms with Gasteiger partial charge in [0.05, 0.1) is 6.33 Å². The second-order valence-electron chi connectivity index (χ2n) is 2.78. The van der Waals surface area contributed by atoms with Gasteiger partial charge in [-0.1, -0.05) is 6.58 Å². The number of hydrogen-bond acceptors (Lipinski definition) is 2. The van der Waals surface area contributed by atoms with Gasteiger partial charge in [-0.2, -0.15) is 0 Å². The van der Waals surface area contributed by atoms with Crippen LogP contribution >= 0.6 is 0 Å². The molecular formula is C10H12FN3. The third-order valence-electron chi connectivity index (χ3n) is 1.59. The van der Waals surface area contributed by atoms with E-state index in [0.29, 0.717) is 5.82 Å². The maximum Gasteiger partial charge on any atom is 0.158 e. The van der Waals surface area contributed by atoms with Gasteiger partial charge in [0.1, 0.15) is 6.67 Å². The molecule has 1 rings (SSSR count). The predicted molar refractivity (Wildman–Crippen MR) is 53.8 cm³/mol. The van der Waals surface area contributed by atoms with Crippen LogP contribution in [0.5, 0.6) is 0 Å². The lowest BCUT2D eigenvalue weighted by Gasteiger charge is -1.92. The molecule has 1 N–H and O–H groups in total. The number of H-pyrrole nitrogens is 1. The molecule has 0 saturated carbocycles. The molecule has 74 valence electrons. The molecule has 0 amide bonds. The van der Waals surface area contributed by atoms with E-state index in [9.17, 15) is 4.39 Å². The molecule has 1 heterocycles. The molecule has 3 nitrogen and oxygen atoms in total. The minimum Gasteiger partial charge on any atom is -0.350 e. The second-order valence-corrected chi connectivity index (χ2v) is 2.78. The Kier molecular flexibility index (Phi) is 3.79. The van der Waals surface area contributed by atoms with Gasteiger partial charge >= 0.3 is 0 Å². The number of allylic oxidation sites excluding steroid dienone is 1. The lowest BCUT2D eigenvalue weighted by Crippen LogP contribution is -1.90. The van der Waals surface area contributed by atoms with E-state index in [4.69, 9.17) is 0 Å². The van der Waals surface area contributed by atoms with Crippen molar-refractivity contribution in [3.63, 3.8) is 0 Å². The Hall–Kier alpha value is -1.71. The predicted octanol–water partition coefficient (Wildman–Crippen LogP) is 2.22. The number of hydrogen-bond donors (Lipinski definition) is 1. The zero-order chi connectivity index (χ0) is 10.4. The molecular weight excluding hydrogens is 181 g/mol. The summed E-state index contributed by atoms with van der Waals surface area (Å²) in [6, 6.07) is 3.60. The minimum atomic E-state index is -0.642. The first-order valence-electron chi connectivity index (χ1n) is 4.18. The van der Waals surface area contributed by atoms with Gasteiger partial charge in [0.25, 0.3) is 0 Å². The van der Waals surface area contributed by atoms with Gasteiger partial charge in [-0.3, -0.25) is 0 Å². The molecule has 0 fully saturated rings. The first kappa shape index (κ1) is 10.4. The summed E-state index contributed by atoms with van der Waals surface area (Å²) in [5.74, 6) is 0.305. The lowest BCUT2D eigenvalue weighted by atomic mass is 10.3. The maximum atomic E-state index is 12.3. The topological polar surface area (TPSA) is 41.6 Å². The average molecular weight is 193 g/mol. The van der Waals surface area contributed by atoms with Crippen molar-refractivity contribution in [2.24, 2.45) is 0 Å². The smallest absolute Gasteiger partial charge is 0.158 e. The molecule has 0 bridgehead atoms. The van der Waals surface area contributed by atoms with Gasteiger partial charge < -0.3 is 4.98 Å². The highest BCUT2D eigenvalue weighted by Crippen LogP contribution is 2.03. The fraction of sp³-hybridized carbons (Fsp3) is 0.200. The standard InChI is InChI=1S/C10H12FN3/c1-8(6-11)10-12-5-3-4-9(2)13-7-14-10/h3-5,7H,1,6H2,2H3,(H,12,13,14). The fourth-order valence-electron chi connectivity index (χ4n) is 0.820. The van der Waals surface area contributed by atoms with Gasteiger partial charge in [-0.25, -0.2) is 14.4 Å². The van der Waals surface area contributed by atoms with Crippen LogP contribution in [0.2, 0.25) is 0 Å². The molecule has 14 heavy (non-hydrogen) atoms. The molecule has 4 heteroatoms. The Morgan fingerprint density at radius 2 is 2.36 bits per heavy atom. The third-order valence-corrected chi connectivity index (χ3v) is 1.59. The Balaban J connectivity index is 3.17. The van der Waals surface area contributed by atoms with Crippen LogP contribution in [0.25, 0.3) is 5.57 Å². The molecule has 0 atom stereocenters. The van der Waals surface area contributed by atoms with E-state index in [-0.39, 0.29) is 5.57 Å². The first-order chi connectivity index (χ1) is 6.74. The van der Waals surface area contributed by atoms with Crippen molar-refractivity contribution in [2.75, 3.05) is 6.67 Å². The van der Waals surface area contributed by atoms with E-state index in [1.807, 2.05) is 13.0 Å². The van der Waals surface area contributed by atoms with E-state index in [1.54, 1.807) is 12.3 Å². The highest BCUT2D eigenvalue weighted by atomic mass is 19.1. The molecule has 0 aliphatic heterocycles. The number of alkyl halides is 1. The van der Waals surface area contributed by atoms with Crippen LogP contribution < -0.4 is 0 Å². The van der Waals surface area contributed by atoms with Crippen molar-refractivity contribution in [1.29, 1.82) is 0 Å². The molecule has 0 spiro atoms. The van der Waals surface area contributed by atoms with E-state index >= 15 is 0 Å².